The highest BCUT2D eigenvalue weighted by atomic mass is 35.5. The Hall–Kier alpha value is -1.94. The summed E-state index contributed by atoms with van der Waals surface area (Å²) in [6, 6.07) is 7.82. The van der Waals surface area contributed by atoms with Crippen LogP contribution in [0.5, 0.6) is 5.75 Å². The van der Waals surface area contributed by atoms with Crippen molar-refractivity contribution in [3.05, 3.63) is 47.4 Å². The third kappa shape index (κ3) is 2.01. The Kier molecular flexibility index (Phi) is 2.83. The second-order valence-electron chi connectivity index (χ2n) is 3.07. The highest BCUT2D eigenvalue weighted by Crippen LogP contribution is 2.31. The Morgan fingerprint density at radius 1 is 1.31 bits per heavy atom. The van der Waals surface area contributed by atoms with Crippen molar-refractivity contribution in [2.75, 3.05) is 5.32 Å². The van der Waals surface area contributed by atoms with Crippen molar-refractivity contribution < 1.29 is 14.3 Å². The van der Waals surface area contributed by atoms with E-state index >= 15 is 0 Å². The first kappa shape index (κ1) is 10.6. The zero-order valence-electron chi connectivity index (χ0n) is 8.11. The zero-order chi connectivity index (χ0) is 11.5. The summed E-state index contributed by atoms with van der Waals surface area (Å²) in [6.07, 6.45) is 1.40. The van der Waals surface area contributed by atoms with Crippen molar-refractivity contribution in [2.45, 2.75) is 0 Å². The molecule has 4 nitrogen and oxygen atoms in total. The molecule has 0 aliphatic rings. The first-order valence-electron chi connectivity index (χ1n) is 4.51. The lowest BCUT2D eigenvalue weighted by molar-refractivity contribution is 0.0996. The molecule has 0 spiro atoms. The predicted molar refractivity (Wildman–Crippen MR) is 59.8 cm³/mol. The molecule has 0 unspecified atom stereocenters. The van der Waals surface area contributed by atoms with Gasteiger partial charge in [0.25, 0.3) is 5.91 Å². The number of benzene rings is 1. The lowest BCUT2D eigenvalue weighted by Crippen LogP contribution is -2.10. The molecule has 0 aliphatic heterocycles. The lowest BCUT2D eigenvalue weighted by atomic mass is 10.3. The molecule has 1 heterocycles. The molecule has 0 atom stereocenters. The van der Waals surface area contributed by atoms with Crippen molar-refractivity contribution in [3.8, 4) is 5.75 Å². The summed E-state index contributed by atoms with van der Waals surface area (Å²) in [5, 5.41) is 12.2. The minimum absolute atomic E-state index is 0.163. The molecule has 2 aromatic rings. The van der Waals surface area contributed by atoms with Gasteiger partial charge in [-0.1, -0.05) is 17.7 Å². The predicted octanol–water partition coefficient (Wildman–Crippen LogP) is 2.89. The number of nitrogens with one attached hydrogen (secondary N) is 1. The van der Waals surface area contributed by atoms with E-state index in [2.05, 4.69) is 5.32 Å². The second-order valence-corrected chi connectivity index (χ2v) is 3.47. The SMILES string of the molecule is O=C(Nc1cccc(Cl)c1O)c1ccco1. The highest BCUT2D eigenvalue weighted by Gasteiger charge is 2.12. The van der Waals surface area contributed by atoms with Crippen LogP contribution in [-0.4, -0.2) is 11.0 Å². The molecule has 16 heavy (non-hydrogen) atoms. The van der Waals surface area contributed by atoms with Crippen LogP contribution in [0.15, 0.2) is 41.0 Å². The average Bonchev–Trinajstić information content (AvgIpc) is 2.78. The summed E-state index contributed by atoms with van der Waals surface area (Å²) in [6.45, 7) is 0. The van der Waals surface area contributed by atoms with Crippen molar-refractivity contribution in [2.24, 2.45) is 0 Å². The van der Waals surface area contributed by atoms with Crippen molar-refractivity contribution in [1.29, 1.82) is 0 Å². The number of carbonyl (C=O) groups excluding carboxylic acids is 1. The normalized spacial score (nSPS) is 10.1. The van der Waals surface area contributed by atoms with Crippen LogP contribution < -0.4 is 5.32 Å². The summed E-state index contributed by atoms with van der Waals surface area (Å²) in [5.41, 5.74) is 0.244. The number of furan rings is 1. The standard InChI is InChI=1S/C11H8ClNO3/c12-7-3-1-4-8(10(7)14)13-11(15)9-5-2-6-16-9/h1-6,14H,(H,13,15). The summed E-state index contributed by atoms with van der Waals surface area (Å²) in [7, 11) is 0. The van der Waals surface area contributed by atoms with E-state index in [1.54, 1.807) is 18.2 Å². The number of hydrogen-bond acceptors (Lipinski definition) is 3. The fourth-order valence-corrected chi connectivity index (χ4v) is 1.38. The summed E-state index contributed by atoms with van der Waals surface area (Å²) in [4.78, 5) is 11.6. The van der Waals surface area contributed by atoms with Crippen molar-refractivity contribution in [3.63, 3.8) is 0 Å². The van der Waals surface area contributed by atoms with Gasteiger partial charge in [0.05, 0.1) is 17.0 Å². The topological polar surface area (TPSA) is 62.5 Å². The smallest absolute Gasteiger partial charge is 0.291 e. The minimum Gasteiger partial charge on any atom is -0.504 e. The Balaban J connectivity index is 2.22. The van der Waals surface area contributed by atoms with Crippen LogP contribution in [-0.2, 0) is 0 Å². The lowest BCUT2D eigenvalue weighted by Gasteiger charge is -2.06. The van der Waals surface area contributed by atoms with Gasteiger partial charge in [0, 0.05) is 0 Å². The van der Waals surface area contributed by atoms with Crippen LogP contribution in [0.3, 0.4) is 0 Å². The van der Waals surface area contributed by atoms with E-state index in [1.807, 2.05) is 0 Å². The van der Waals surface area contributed by atoms with Crippen molar-refractivity contribution in [1.82, 2.24) is 0 Å². The van der Waals surface area contributed by atoms with E-state index in [1.165, 1.54) is 18.4 Å². The van der Waals surface area contributed by atoms with E-state index in [4.69, 9.17) is 16.0 Å². The van der Waals surface area contributed by atoms with Gasteiger partial charge in [0.1, 0.15) is 0 Å². The van der Waals surface area contributed by atoms with Crippen molar-refractivity contribution >= 4 is 23.2 Å². The number of amides is 1. The second kappa shape index (κ2) is 4.28. The molecule has 2 N–H and O–H groups in total. The quantitative estimate of drug-likeness (QED) is 0.790. The molecule has 82 valence electrons. The molecular formula is C11H8ClNO3. The molecule has 0 radical (unpaired) electrons. The summed E-state index contributed by atoms with van der Waals surface area (Å²) < 4.78 is 4.91. The van der Waals surface area contributed by atoms with Gasteiger partial charge in [-0.05, 0) is 24.3 Å². The fourth-order valence-electron chi connectivity index (χ4n) is 1.21. The van der Waals surface area contributed by atoms with Gasteiger partial charge in [-0.25, -0.2) is 0 Å². The Labute approximate surface area is 96.5 Å². The largest absolute Gasteiger partial charge is 0.504 e. The molecule has 0 saturated carbocycles. The van der Waals surface area contributed by atoms with Crippen LogP contribution in [0.25, 0.3) is 0 Å². The zero-order valence-corrected chi connectivity index (χ0v) is 8.86. The molecule has 5 heteroatoms. The molecular weight excluding hydrogens is 230 g/mol. The number of para-hydroxylation sites is 1. The number of anilines is 1. The van der Waals surface area contributed by atoms with Crippen LogP contribution in [0.4, 0.5) is 5.69 Å². The first-order chi connectivity index (χ1) is 7.68. The Morgan fingerprint density at radius 2 is 2.12 bits per heavy atom. The van der Waals surface area contributed by atoms with Gasteiger partial charge in [-0.15, -0.1) is 0 Å². The van der Waals surface area contributed by atoms with Gasteiger partial charge in [0.15, 0.2) is 11.5 Å². The first-order valence-corrected chi connectivity index (χ1v) is 4.88. The minimum atomic E-state index is -0.442. The molecule has 0 aliphatic carbocycles. The molecule has 0 fully saturated rings. The van der Waals surface area contributed by atoms with E-state index < -0.39 is 5.91 Å². The monoisotopic (exact) mass is 237 g/mol. The van der Waals surface area contributed by atoms with Crippen LogP contribution >= 0.6 is 11.6 Å². The fraction of sp³-hybridized carbons (Fsp3) is 0. The molecule has 0 saturated heterocycles. The van der Waals surface area contributed by atoms with E-state index in [-0.39, 0.29) is 22.2 Å². The summed E-state index contributed by atoms with van der Waals surface area (Å²) >= 11 is 5.70. The molecule has 0 bridgehead atoms. The molecule has 1 aromatic heterocycles. The van der Waals surface area contributed by atoms with Gasteiger partial charge < -0.3 is 14.8 Å². The maximum atomic E-state index is 11.6. The molecule has 1 aromatic carbocycles. The number of rotatable bonds is 2. The number of phenolic OH excluding ortho intramolecular Hbond substituents is 1. The number of phenols is 1. The number of carbonyl (C=O) groups is 1. The Morgan fingerprint density at radius 3 is 2.81 bits per heavy atom. The van der Waals surface area contributed by atoms with Gasteiger partial charge in [-0.3, -0.25) is 4.79 Å². The molecule has 1 amide bonds. The van der Waals surface area contributed by atoms with Crippen LogP contribution in [0, 0.1) is 0 Å². The van der Waals surface area contributed by atoms with Crippen LogP contribution in [0.2, 0.25) is 5.02 Å². The van der Waals surface area contributed by atoms with E-state index in [0.717, 1.165) is 0 Å². The Bertz CT molecular complexity index is 508. The number of hydrogen-bond donors (Lipinski definition) is 2. The third-order valence-corrected chi connectivity index (χ3v) is 2.28. The third-order valence-electron chi connectivity index (χ3n) is 1.98. The van der Waals surface area contributed by atoms with Gasteiger partial charge >= 0.3 is 0 Å². The van der Waals surface area contributed by atoms with E-state index in [9.17, 15) is 9.90 Å². The van der Waals surface area contributed by atoms with Gasteiger partial charge in [0.2, 0.25) is 0 Å². The molecule has 2 rings (SSSR count). The maximum absolute atomic E-state index is 11.6. The maximum Gasteiger partial charge on any atom is 0.291 e. The van der Waals surface area contributed by atoms with Gasteiger partial charge in [-0.2, -0.15) is 0 Å². The number of halogens is 1. The number of aromatic hydroxyl groups is 1. The van der Waals surface area contributed by atoms with E-state index in [0.29, 0.717) is 0 Å². The average molecular weight is 238 g/mol. The van der Waals surface area contributed by atoms with Crippen LogP contribution in [0.1, 0.15) is 10.6 Å². The summed E-state index contributed by atoms with van der Waals surface area (Å²) in [5.74, 6) is -0.439. The highest BCUT2D eigenvalue weighted by molar-refractivity contribution is 6.32.